The van der Waals surface area contributed by atoms with E-state index in [-0.39, 0.29) is 5.41 Å². The van der Waals surface area contributed by atoms with Crippen molar-refractivity contribution in [3.05, 3.63) is 240 Å². The summed E-state index contributed by atoms with van der Waals surface area (Å²) in [5, 5.41) is 5.16. The molecule has 9 aromatic carbocycles. The second kappa shape index (κ2) is 19.3. The fraction of sp³-hybridized carbons (Fsp3) is 0.167. The van der Waals surface area contributed by atoms with Crippen LogP contribution < -0.4 is 29.5 Å². The van der Waals surface area contributed by atoms with Gasteiger partial charge in [0.1, 0.15) is 8.07 Å². The van der Waals surface area contributed by atoms with Crippen molar-refractivity contribution in [1.82, 2.24) is 14.1 Å². The van der Waals surface area contributed by atoms with Gasteiger partial charge in [-0.2, -0.15) is 0 Å². The molecule has 1 aliphatic rings. The number of rotatable bonds is 9. The Morgan fingerprint density at radius 1 is 0.544 bits per heavy atom. The van der Waals surface area contributed by atoms with E-state index < -0.39 is 29.8 Å². The Bertz CT molecular complexity index is 4270. The Morgan fingerprint density at radius 2 is 1.14 bits per heavy atom. The molecule has 0 aliphatic carbocycles. The molecule has 7 heteroatoms. The average molecular weight is 1240 g/mol. The summed E-state index contributed by atoms with van der Waals surface area (Å²) in [7, 11) is -2.23. The molecular formula is C72H65BiN4OSi. The van der Waals surface area contributed by atoms with Crippen molar-refractivity contribution < 1.29 is 9.30 Å². The van der Waals surface area contributed by atoms with Gasteiger partial charge in [-0.15, -0.1) is 0 Å². The van der Waals surface area contributed by atoms with Crippen LogP contribution in [-0.4, -0.2) is 43.9 Å². The van der Waals surface area contributed by atoms with Crippen LogP contribution in [0.2, 0.25) is 13.1 Å². The molecule has 13 rings (SSSR count). The van der Waals surface area contributed by atoms with Crippen molar-refractivity contribution in [2.75, 3.05) is 0 Å². The summed E-state index contributed by atoms with van der Waals surface area (Å²) in [5.41, 5.74) is 20.8. The molecule has 388 valence electrons. The summed E-state index contributed by atoms with van der Waals surface area (Å²) in [6.45, 7) is 25.6. The van der Waals surface area contributed by atoms with Crippen molar-refractivity contribution in [3.8, 4) is 50.9 Å². The van der Waals surface area contributed by atoms with Crippen molar-refractivity contribution in [2.45, 2.75) is 80.8 Å². The van der Waals surface area contributed by atoms with E-state index in [1.54, 1.807) is 6.54 Å². The molecule has 0 N–H and O–H groups in total. The molecule has 0 saturated heterocycles. The number of nitrogens with zero attached hydrogens (tertiary/aromatic N) is 4. The zero-order valence-electron chi connectivity index (χ0n) is 47.1. The predicted molar refractivity (Wildman–Crippen MR) is 335 cm³/mol. The van der Waals surface area contributed by atoms with Gasteiger partial charge in [0.05, 0.1) is 16.7 Å². The topological polar surface area (TPSA) is 35.9 Å². The first-order valence-electron chi connectivity index (χ1n) is 27.6. The van der Waals surface area contributed by atoms with Gasteiger partial charge in [0.25, 0.3) is 6.33 Å². The van der Waals surface area contributed by atoms with E-state index in [0.29, 0.717) is 0 Å². The van der Waals surface area contributed by atoms with Crippen LogP contribution in [0.3, 0.4) is 0 Å². The Hall–Kier alpha value is -7.70. The molecule has 0 fully saturated rings. The van der Waals surface area contributed by atoms with E-state index in [9.17, 15) is 0 Å². The van der Waals surface area contributed by atoms with Crippen LogP contribution in [0.1, 0.15) is 59.7 Å². The molecule has 0 atom stereocenters. The third-order valence-electron chi connectivity index (χ3n) is 16.4. The number of ether oxygens (including phenoxy) is 1. The first-order chi connectivity index (χ1) is 38.0. The quantitative estimate of drug-likeness (QED) is 0.0820. The molecule has 0 amide bonds. The summed E-state index contributed by atoms with van der Waals surface area (Å²) >= 11 is -2.96. The van der Waals surface area contributed by atoms with E-state index in [2.05, 4.69) is 283 Å². The van der Waals surface area contributed by atoms with Crippen molar-refractivity contribution in [2.24, 2.45) is 0 Å². The molecule has 3 aromatic heterocycles. The van der Waals surface area contributed by atoms with Gasteiger partial charge in [-0.25, -0.2) is 0 Å². The molecule has 0 unspecified atom stereocenters. The second-order valence-corrected chi connectivity index (χ2v) is 35.9. The molecule has 1 aliphatic heterocycles. The van der Waals surface area contributed by atoms with E-state index in [1.807, 2.05) is 6.20 Å². The third kappa shape index (κ3) is 8.60. The first kappa shape index (κ1) is 50.8. The Labute approximate surface area is 474 Å². The van der Waals surface area contributed by atoms with Crippen molar-refractivity contribution in [1.29, 1.82) is 0 Å². The number of hydrogen-bond donors (Lipinski definition) is 0. The fourth-order valence-corrected chi connectivity index (χ4v) is 27.1. The molecule has 0 spiro atoms. The third-order valence-corrected chi connectivity index (χ3v) is 32.0. The first-order valence-corrected chi connectivity index (χ1v) is 35.8. The monoisotopic (exact) mass is 1240 g/mol. The molecule has 12 aromatic rings. The van der Waals surface area contributed by atoms with Crippen LogP contribution >= 0.6 is 0 Å². The summed E-state index contributed by atoms with van der Waals surface area (Å²) in [4.78, 5) is 5.12. The predicted octanol–water partition coefficient (Wildman–Crippen LogP) is 14.1. The average Bonchev–Trinajstić information content (AvgIpc) is 4.21. The SMILES string of the molecule is Cc1cc(C)[c]([Bi]([c]2ccc3c(c2)c2ccc(Oc4ccc5c(c4)-n4[c-][n+](-c6c(-c7ccccc7)cccc6-c6ccccc6)c6cccc(c64)[Si]5(C)C)cc2n3-c2cc(C(C)(C)C)ccn2)[c]2c(C)cc(C)cc2C)c(C)c1. The number of fused-ring (bicyclic) bond motifs is 5. The Balaban J connectivity index is 0.976. The summed E-state index contributed by atoms with van der Waals surface area (Å²) in [6, 6.07) is 69.8. The summed E-state index contributed by atoms with van der Waals surface area (Å²) in [5.74, 6) is 2.45. The van der Waals surface area contributed by atoms with Gasteiger partial charge < -0.3 is 0 Å². The minimum absolute atomic E-state index is 0.0608. The zero-order valence-corrected chi connectivity index (χ0v) is 51.6. The molecule has 79 heavy (non-hydrogen) atoms. The maximum absolute atomic E-state index is 7.12. The number of pyridine rings is 1. The van der Waals surface area contributed by atoms with Crippen LogP contribution in [0.4, 0.5) is 0 Å². The Morgan fingerprint density at radius 3 is 1.76 bits per heavy atom. The van der Waals surface area contributed by atoms with Crippen LogP contribution in [0.25, 0.3) is 72.3 Å². The van der Waals surface area contributed by atoms with Crippen LogP contribution in [-0.2, 0) is 5.41 Å². The van der Waals surface area contributed by atoms with E-state index in [0.717, 1.165) is 67.5 Å². The summed E-state index contributed by atoms with van der Waals surface area (Å²) < 4.78 is 18.7. The standard InChI is InChI=1S/C54H43N4OSi.2C9H11.Bi/c1-54(2,3)38-30-31-55-51(32-38)58-45-23-13-12-20-43(45)44-28-26-39(33-47(44)58)59-40-27-29-49-48(34-40)57-35-56(46-24-15-25-50(53(46)57)60(49,4)5)52-41(36-16-8-6-9-17-36)21-14-22-42(52)37-18-10-7-11-19-37;2*1-7-4-8(2)6-9(3)5-7;/h6-11,13-34H,1-5H3;2*4-5H,1-3H3;. The molecule has 0 saturated carbocycles. The number of aromatic nitrogens is 4. The van der Waals surface area contributed by atoms with Crippen LogP contribution in [0.5, 0.6) is 11.5 Å². The van der Waals surface area contributed by atoms with E-state index in [4.69, 9.17) is 9.72 Å². The van der Waals surface area contributed by atoms with Gasteiger partial charge in [0, 0.05) is 0 Å². The van der Waals surface area contributed by atoms with Crippen LogP contribution in [0, 0.1) is 47.9 Å². The van der Waals surface area contributed by atoms with E-state index in [1.165, 1.54) is 68.9 Å². The number of aryl methyl sites for hydroxylation is 6. The summed E-state index contributed by atoms with van der Waals surface area (Å²) in [6.07, 6.45) is 5.95. The van der Waals surface area contributed by atoms with Gasteiger partial charge in [-0.3, -0.25) is 4.57 Å². The van der Waals surface area contributed by atoms with Gasteiger partial charge in [-0.05, 0) is 27.4 Å². The molecule has 5 nitrogen and oxygen atoms in total. The second-order valence-electron chi connectivity index (χ2n) is 23.5. The number of hydrogen-bond acceptors (Lipinski definition) is 2. The number of para-hydroxylation sites is 2. The number of benzene rings is 9. The molecule has 0 radical (unpaired) electrons. The van der Waals surface area contributed by atoms with Gasteiger partial charge >= 0.3 is 304 Å². The zero-order chi connectivity index (χ0) is 54.6. The molecular weight excluding hydrogens is 1170 g/mol. The Kier molecular flexibility index (Phi) is 12.4. The normalized spacial score (nSPS) is 13.0. The molecule has 4 heterocycles. The van der Waals surface area contributed by atoms with Crippen molar-refractivity contribution >= 4 is 82.9 Å². The minimum atomic E-state index is -2.96. The fourth-order valence-electron chi connectivity index (χ4n) is 12.9. The van der Waals surface area contributed by atoms with Gasteiger partial charge in [0.2, 0.25) is 0 Å². The van der Waals surface area contributed by atoms with E-state index >= 15 is 0 Å². The van der Waals surface area contributed by atoms with Gasteiger partial charge in [-0.1, -0.05) is 110 Å². The van der Waals surface area contributed by atoms with Gasteiger partial charge in [0.15, 0.2) is 0 Å². The number of imidazole rings is 1. The molecule has 0 bridgehead atoms. The maximum atomic E-state index is 7.12. The van der Waals surface area contributed by atoms with Crippen molar-refractivity contribution in [3.63, 3.8) is 0 Å². The van der Waals surface area contributed by atoms with Crippen LogP contribution in [0.15, 0.2) is 194 Å².